The molecule has 0 fully saturated rings. The van der Waals surface area contributed by atoms with E-state index >= 15 is 0 Å². The third kappa shape index (κ3) is 3.05. The van der Waals surface area contributed by atoms with Gasteiger partial charge in [0.25, 0.3) is 0 Å². The molecule has 1 heterocycles. The highest BCUT2D eigenvalue weighted by molar-refractivity contribution is 6.11. The van der Waals surface area contributed by atoms with Crippen molar-refractivity contribution >= 4 is 11.7 Å². The first kappa shape index (κ1) is 15.9. The number of nitrogens with zero attached hydrogens (tertiary/aromatic N) is 3. The number of aromatic nitrogens is 2. The number of aryl methyl sites for hydroxylation is 1. The van der Waals surface area contributed by atoms with Crippen LogP contribution in [-0.2, 0) is 4.79 Å². The third-order valence-electron chi connectivity index (χ3n) is 3.36. The molecule has 0 radical (unpaired) electrons. The SMILES string of the molecule is CCC(CC)n1nc(C(=O)C(C#N)C(=O)NC)cc1C. The van der Waals surface area contributed by atoms with E-state index < -0.39 is 17.6 Å². The van der Waals surface area contributed by atoms with Gasteiger partial charge in [0.2, 0.25) is 11.7 Å². The van der Waals surface area contributed by atoms with Crippen LogP contribution in [0.4, 0.5) is 0 Å². The van der Waals surface area contributed by atoms with Crippen molar-refractivity contribution in [1.29, 1.82) is 5.26 Å². The first-order valence-electron chi connectivity index (χ1n) is 6.71. The summed E-state index contributed by atoms with van der Waals surface area (Å²) in [6.07, 6.45) is 1.81. The van der Waals surface area contributed by atoms with Crippen molar-refractivity contribution in [3.05, 3.63) is 17.5 Å². The van der Waals surface area contributed by atoms with Gasteiger partial charge < -0.3 is 5.32 Å². The van der Waals surface area contributed by atoms with E-state index in [-0.39, 0.29) is 11.7 Å². The lowest BCUT2D eigenvalue weighted by Gasteiger charge is -2.14. The summed E-state index contributed by atoms with van der Waals surface area (Å²) in [5, 5.41) is 15.6. The third-order valence-corrected chi connectivity index (χ3v) is 3.36. The monoisotopic (exact) mass is 276 g/mol. The molecular formula is C14H20N4O2. The van der Waals surface area contributed by atoms with Gasteiger partial charge in [-0.25, -0.2) is 0 Å². The van der Waals surface area contributed by atoms with Gasteiger partial charge in [-0.3, -0.25) is 14.3 Å². The van der Waals surface area contributed by atoms with Gasteiger partial charge in [-0.1, -0.05) is 13.8 Å². The molecule has 1 aromatic heterocycles. The summed E-state index contributed by atoms with van der Waals surface area (Å²) in [6, 6.07) is 3.58. The van der Waals surface area contributed by atoms with Crippen LogP contribution in [0.1, 0.15) is 48.9 Å². The molecule has 0 bridgehead atoms. The van der Waals surface area contributed by atoms with Gasteiger partial charge in [0.05, 0.1) is 12.1 Å². The molecule has 0 aliphatic heterocycles. The molecule has 1 atom stereocenters. The molecular weight excluding hydrogens is 256 g/mol. The lowest BCUT2D eigenvalue weighted by atomic mass is 10.0. The Morgan fingerprint density at radius 1 is 1.45 bits per heavy atom. The lowest BCUT2D eigenvalue weighted by molar-refractivity contribution is -0.121. The van der Waals surface area contributed by atoms with E-state index in [9.17, 15) is 9.59 Å². The maximum atomic E-state index is 12.2. The predicted octanol–water partition coefficient (Wildman–Crippen LogP) is 1.62. The van der Waals surface area contributed by atoms with Gasteiger partial charge in [-0.05, 0) is 25.8 Å². The molecule has 0 saturated heterocycles. The normalized spacial score (nSPS) is 12.0. The number of hydrogen-bond donors (Lipinski definition) is 1. The number of rotatable bonds is 6. The van der Waals surface area contributed by atoms with Crippen LogP contribution in [0.2, 0.25) is 0 Å². The van der Waals surface area contributed by atoms with E-state index in [0.29, 0.717) is 0 Å². The van der Waals surface area contributed by atoms with E-state index in [2.05, 4.69) is 24.3 Å². The Morgan fingerprint density at radius 2 is 2.05 bits per heavy atom. The van der Waals surface area contributed by atoms with E-state index in [0.717, 1.165) is 18.5 Å². The van der Waals surface area contributed by atoms with E-state index in [1.165, 1.54) is 7.05 Å². The molecule has 1 aromatic rings. The van der Waals surface area contributed by atoms with Crippen LogP contribution in [-0.4, -0.2) is 28.5 Å². The molecule has 1 rings (SSSR count). The highest BCUT2D eigenvalue weighted by atomic mass is 16.2. The van der Waals surface area contributed by atoms with Crippen LogP contribution in [0.3, 0.4) is 0 Å². The Hall–Kier alpha value is -2.16. The summed E-state index contributed by atoms with van der Waals surface area (Å²) >= 11 is 0. The minimum atomic E-state index is -1.34. The van der Waals surface area contributed by atoms with Crippen molar-refractivity contribution in [2.75, 3.05) is 7.05 Å². The minimum absolute atomic E-state index is 0.171. The number of carbonyl (C=O) groups is 2. The second-order valence-electron chi connectivity index (χ2n) is 4.63. The molecule has 1 unspecified atom stereocenters. The van der Waals surface area contributed by atoms with E-state index in [1.54, 1.807) is 16.8 Å². The number of nitriles is 1. The second-order valence-corrected chi connectivity index (χ2v) is 4.63. The molecule has 108 valence electrons. The quantitative estimate of drug-likeness (QED) is 0.631. The van der Waals surface area contributed by atoms with Crippen LogP contribution in [0.25, 0.3) is 0 Å². The Labute approximate surface area is 118 Å². The molecule has 1 amide bonds. The fraction of sp³-hybridized carbons (Fsp3) is 0.571. The van der Waals surface area contributed by atoms with E-state index in [4.69, 9.17) is 5.26 Å². The number of Topliss-reactive ketones (excluding diaryl/α,β-unsaturated/α-hetero) is 1. The highest BCUT2D eigenvalue weighted by Crippen LogP contribution is 2.19. The Morgan fingerprint density at radius 3 is 2.50 bits per heavy atom. The van der Waals surface area contributed by atoms with Gasteiger partial charge in [0.1, 0.15) is 5.69 Å². The van der Waals surface area contributed by atoms with Crippen molar-refractivity contribution in [3.8, 4) is 6.07 Å². The summed E-state index contributed by atoms with van der Waals surface area (Å²) < 4.78 is 1.80. The van der Waals surface area contributed by atoms with Crippen LogP contribution >= 0.6 is 0 Å². The summed E-state index contributed by atoms with van der Waals surface area (Å²) in [5.41, 5.74) is 1.03. The molecule has 0 aliphatic rings. The van der Waals surface area contributed by atoms with Crippen LogP contribution < -0.4 is 5.32 Å². The van der Waals surface area contributed by atoms with E-state index in [1.807, 2.05) is 6.92 Å². The average Bonchev–Trinajstić information content (AvgIpc) is 2.83. The summed E-state index contributed by atoms with van der Waals surface area (Å²) in [4.78, 5) is 23.7. The van der Waals surface area contributed by atoms with Gasteiger partial charge in [0.15, 0.2) is 5.92 Å². The largest absolute Gasteiger partial charge is 0.358 e. The molecule has 0 aromatic carbocycles. The van der Waals surface area contributed by atoms with Crippen LogP contribution in [0.5, 0.6) is 0 Å². The summed E-state index contributed by atoms with van der Waals surface area (Å²) in [7, 11) is 1.40. The van der Waals surface area contributed by atoms with Crippen molar-refractivity contribution < 1.29 is 9.59 Å². The molecule has 6 heteroatoms. The number of ketones is 1. The van der Waals surface area contributed by atoms with Gasteiger partial charge in [-0.2, -0.15) is 10.4 Å². The smallest absolute Gasteiger partial charge is 0.245 e. The van der Waals surface area contributed by atoms with Gasteiger partial charge in [0, 0.05) is 12.7 Å². The number of carbonyl (C=O) groups excluding carboxylic acids is 2. The zero-order chi connectivity index (χ0) is 15.3. The van der Waals surface area contributed by atoms with Crippen molar-refractivity contribution in [1.82, 2.24) is 15.1 Å². The lowest BCUT2D eigenvalue weighted by Crippen LogP contribution is -2.32. The zero-order valence-corrected chi connectivity index (χ0v) is 12.3. The Bertz CT molecular complexity index is 538. The maximum absolute atomic E-state index is 12.2. The zero-order valence-electron chi connectivity index (χ0n) is 12.3. The standard InChI is InChI=1S/C14H20N4O2/c1-5-10(6-2)18-9(3)7-12(17-18)13(19)11(8-15)14(20)16-4/h7,10-11H,5-6H2,1-4H3,(H,16,20). The molecule has 0 aliphatic carbocycles. The fourth-order valence-corrected chi connectivity index (χ4v) is 2.14. The Kier molecular flexibility index (Phi) is 5.44. The first-order valence-corrected chi connectivity index (χ1v) is 6.71. The van der Waals surface area contributed by atoms with Crippen molar-refractivity contribution in [2.24, 2.45) is 5.92 Å². The molecule has 0 saturated carbocycles. The Balaban J connectivity index is 3.10. The number of nitrogens with one attached hydrogen (secondary N) is 1. The number of hydrogen-bond acceptors (Lipinski definition) is 4. The maximum Gasteiger partial charge on any atom is 0.245 e. The topological polar surface area (TPSA) is 87.8 Å². The summed E-state index contributed by atoms with van der Waals surface area (Å²) in [6.45, 7) is 5.97. The van der Waals surface area contributed by atoms with Gasteiger partial charge in [-0.15, -0.1) is 0 Å². The predicted molar refractivity (Wildman–Crippen MR) is 74.1 cm³/mol. The second kappa shape index (κ2) is 6.85. The minimum Gasteiger partial charge on any atom is -0.358 e. The van der Waals surface area contributed by atoms with Crippen LogP contribution in [0, 0.1) is 24.2 Å². The number of amides is 1. The van der Waals surface area contributed by atoms with Crippen LogP contribution in [0.15, 0.2) is 6.07 Å². The first-order chi connectivity index (χ1) is 9.49. The molecule has 1 N–H and O–H groups in total. The molecule has 6 nitrogen and oxygen atoms in total. The summed E-state index contributed by atoms with van der Waals surface area (Å²) in [5.74, 6) is -2.50. The average molecular weight is 276 g/mol. The van der Waals surface area contributed by atoms with Crippen molar-refractivity contribution in [3.63, 3.8) is 0 Å². The highest BCUT2D eigenvalue weighted by Gasteiger charge is 2.29. The molecule has 0 spiro atoms. The molecule has 20 heavy (non-hydrogen) atoms. The van der Waals surface area contributed by atoms with Gasteiger partial charge >= 0.3 is 0 Å². The van der Waals surface area contributed by atoms with Crippen molar-refractivity contribution in [2.45, 2.75) is 39.7 Å². The fourth-order valence-electron chi connectivity index (χ4n) is 2.14.